The summed E-state index contributed by atoms with van der Waals surface area (Å²) in [7, 11) is 1.90. The Morgan fingerprint density at radius 2 is 2.24 bits per heavy atom. The van der Waals surface area contributed by atoms with Gasteiger partial charge in [-0.1, -0.05) is 11.6 Å². The Bertz CT molecular complexity index is 589. The van der Waals surface area contributed by atoms with Crippen molar-refractivity contribution in [1.82, 2.24) is 19.1 Å². The molecule has 0 amide bonds. The lowest BCUT2D eigenvalue weighted by Gasteiger charge is -2.06. The fraction of sp³-hybridized carbons (Fsp3) is 0.300. The highest BCUT2D eigenvalue weighted by Gasteiger charge is 2.07. The van der Waals surface area contributed by atoms with Crippen LogP contribution in [0.1, 0.15) is 5.82 Å². The Morgan fingerprint density at radius 3 is 2.88 bits per heavy atom. The summed E-state index contributed by atoms with van der Waals surface area (Å²) in [6, 6.07) is 0. The van der Waals surface area contributed by atoms with Gasteiger partial charge in [0.25, 0.3) is 5.56 Å². The number of aromatic nitrogens is 4. The van der Waals surface area contributed by atoms with Gasteiger partial charge in [0, 0.05) is 32.4 Å². The number of rotatable bonds is 3. The van der Waals surface area contributed by atoms with Gasteiger partial charge in [-0.05, 0) is 0 Å². The molecule has 90 valence electrons. The maximum absolute atomic E-state index is 11.7. The Kier molecular flexibility index (Phi) is 3.14. The Hall–Kier alpha value is -1.82. The molecule has 7 heteroatoms. The van der Waals surface area contributed by atoms with Crippen LogP contribution < -0.4 is 11.3 Å². The van der Waals surface area contributed by atoms with Crippen molar-refractivity contribution in [2.75, 3.05) is 5.73 Å². The summed E-state index contributed by atoms with van der Waals surface area (Å²) in [5.41, 5.74) is 5.17. The molecule has 0 bridgehead atoms. The lowest BCUT2D eigenvalue weighted by molar-refractivity contribution is 0.623. The van der Waals surface area contributed by atoms with E-state index in [-0.39, 0.29) is 16.4 Å². The van der Waals surface area contributed by atoms with E-state index in [0.29, 0.717) is 13.0 Å². The number of nitrogens with zero attached hydrogens (tertiary/aromatic N) is 4. The summed E-state index contributed by atoms with van der Waals surface area (Å²) in [6.07, 6.45) is 5.59. The molecule has 0 atom stereocenters. The van der Waals surface area contributed by atoms with Gasteiger partial charge in [0.15, 0.2) is 5.15 Å². The van der Waals surface area contributed by atoms with Crippen molar-refractivity contribution in [1.29, 1.82) is 0 Å². The van der Waals surface area contributed by atoms with Crippen LogP contribution in [-0.2, 0) is 20.0 Å². The molecule has 2 heterocycles. The van der Waals surface area contributed by atoms with Crippen LogP contribution in [0.3, 0.4) is 0 Å². The van der Waals surface area contributed by atoms with E-state index in [9.17, 15) is 4.79 Å². The smallest absolute Gasteiger partial charge is 0.278 e. The molecule has 17 heavy (non-hydrogen) atoms. The molecule has 2 aromatic heterocycles. The van der Waals surface area contributed by atoms with Gasteiger partial charge in [0.05, 0.1) is 6.33 Å². The van der Waals surface area contributed by atoms with Gasteiger partial charge in [-0.3, -0.25) is 9.36 Å². The third-order valence-electron chi connectivity index (χ3n) is 2.52. The first-order chi connectivity index (χ1) is 8.09. The van der Waals surface area contributed by atoms with Crippen LogP contribution in [0, 0.1) is 0 Å². The second kappa shape index (κ2) is 4.58. The van der Waals surface area contributed by atoms with E-state index in [1.165, 1.54) is 10.9 Å². The monoisotopic (exact) mass is 253 g/mol. The highest BCUT2D eigenvalue weighted by molar-refractivity contribution is 6.31. The summed E-state index contributed by atoms with van der Waals surface area (Å²) in [4.78, 5) is 19.7. The standard InChI is InChI=1S/C10H12ClN5O/c1-15-5-3-13-7(15)2-4-16-6-14-9(11)8(12)10(16)17/h3,5-6H,2,4,12H2,1H3. The molecule has 0 radical (unpaired) electrons. The molecule has 0 aliphatic rings. The maximum atomic E-state index is 11.7. The zero-order valence-corrected chi connectivity index (χ0v) is 10.1. The molecule has 0 unspecified atom stereocenters. The zero-order chi connectivity index (χ0) is 12.4. The Labute approximate surface area is 103 Å². The Morgan fingerprint density at radius 1 is 1.47 bits per heavy atom. The lowest BCUT2D eigenvalue weighted by atomic mass is 10.4. The van der Waals surface area contributed by atoms with Gasteiger partial charge in [0.2, 0.25) is 0 Å². The minimum atomic E-state index is -0.320. The van der Waals surface area contributed by atoms with Crippen LogP contribution in [0.25, 0.3) is 0 Å². The van der Waals surface area contributed by atoms with E-state index >= 15 is 0 Å². The minimum absolute atomic E-state index is 0.0194. The molecular formula is C10H12ClN5O. The molecule has 2 N–H and O–H groups in total. The van der Waals surface area contributed by atoms with Crippen LogP contribution in [0.4, 0.5) is 5.69 Å². The molecule has 2 aromatic rings. The van der Waals surface area contributed by atoms with Gasteiger partial charge >= 0.3 is 0 Å². The second-order valence-electron chi connectivity index (χ2n) is 3.65. The predicted molar refractivity (Wildman–Crippen MR) is 64.8 cm³/mol. The third-order valence-corrected chi connectivity index (χ3v) is 2.82. The molecule has 0 aromatic carbocycles. The second-order valence-corrected chi connectivity index (χ2v) is 4.01. The Balaban J connectivity index is 2.18. The molecule has 2 rings (SSSR count). The van der Waals surface area contributed by atoms with Crippen molar-refractivity contribution in [3.63, 3.8) is 0 Å². The normalized spacial score (nSPS) is 10.7. The van der Waals surface area contributed by atoms with Gasteiger partial charge in [-0.15, -0.1) is 0 Å². The van der Waals surface area contributed by atoms with Crippen molar-refractivity contribution in [2.24, 2.45) is 7.05 Å². The van der Waals surface area contributed by atoms with E-state index in [0.717, 1.165) is 5.82 Å². The van der Waals surface area contributed by atoms with Crippen molar-refractivity contribution >= 4 is 17.3 Å². The van der Waals surface area contributed by atoms with Crippen molar-refractivity contribution in [2.45, 2.75) is 13.0 Å². The van der Waals surface area contributed by atoms with E-state index in [2.05, 4.69) is 9.97 Å². The van der Waals surface area contributed by atoms with Gasteiger partial charge in [0.1, 0.15) is 11.5 Å². The molecule has 0 saturated heterocycles. The summed E-state index contributed by atoms with van der Waals surface area (Å²) in [5, 5.41) is 0.0447. The summed E-state index contributed by atoms with van der Waals surface area (Å²) in [5.74, 6) is 0.894. The van der Waals surface area contributed by atoms with E-state index < -0.39 is 0 Å². The zero-order valence-electron chi connectivity index (χ0n) is 9.30. The average Bonchev–Trinajstić information content (AvgIpc) is 2.71. The number of aryl methyl sites for hydroxylation is 3. The lowest BCUT2D eigenvalue weighted by Crippen LogP contribution is -2.24. The third kappa shape index (κ3) is 2.31. The fourth-order valence-corrected chi connectivity index (χ4v) is 1.63. The van der Waals surface area contributed by atoms with Crippen LogP contribution in [0.15, 0.2) is 23.5 Å². The van der Waals surface area contributed by atoms with Crippen LogP contribution in [0.2, 0.25) is 5.15 Å². The highest BCUT2D eigenvalue weighted by atomic mass is 35.5. The van der Waals surface area contributed by atoms with Crippen molar-refractivity contribution in [3.8, 4) is 0 Å². The molecule has 0 aliphatic heterocycles. The van der Waals surface area contributed by atoms with Crippen LogP contribution in [0.5, 0.6) is 0 Å². The minimum Gasteiger partial charge on any atom is -0.392 e. The van der Waals surface area contributed by atoms with Crippen molar-refractivity contribution in [3.05, 3.63) is 40.1 Å². The number of imidazole rings is 1. The number of hydrogen-bond acceptors (Lipinski definition) is 4. The molecule has 0 fully saturated rings. The van der Waals surface area contributed by atoms with Gasteiger partial charge in [-0.2, -0.15) is 0 Å². The molecule has 0 aliphatic carbocycles. The number of nitrogen functional groups attached to an aromatic ring is 1. The van der Waals surface area contributed by atoms with E-state index in [4.69, 9.17) is 17.3 Å². The topological polar surface area (TPSA) is 78.7 Å². The maximum Gasteiger partial charge on any atom is 0.278 e. The highest BCUT2D eigenvalue weighted by Crippen LogP contribution is 2.08. The first kappa shape index (κ1) is 11.7. The first-order valence-electron chi connectivity index (χ1n) is 5.06. The van der Waals surface area contributed by atoms with E-state index in [1.54, 1.807) is 6.20 Å². The number of anilines is 1. The fourth-order valence-electron chi connectivity index (χ4n) is 1.50. The average molecular weight is 254 g/mol. The quantitative estimate of drug-likeness (QED) is 0.806. The molecular weight excluding hydrogens is 242 g/mol. The number of halogens is 1. The van der Waals surface area contributed by atoms with Crippen LogP contribution >= 0.6 is 11.6 Å². The first-order valence-corrected chi connectivity index (χ1v) is 5.44. The van der Waals surface area contributed by atoms with Gasteiger partial charge in [-0.25, -0.2) is 9.97 Å². The summed E-state index contributed by atoms with van der Waals surface area (Å²) < 4.78 is 3.33. The molecule has 0 spiro atoms. The summed E-state index contributed by atoms with van der Waals surface area (Å²) in [6.45, 7) is 0.470. The van der Waals surface area contributed by atoms with Gasteiger partial charge < -0.3 is 10.3 Å². The van der Waals surface area contributed by atoms with Crippen LogP contribution in [-0.4, -0.2) is 19.1 Å². The number of hydrogen-bond donors (Lipinski definition) is 1. The van der Waals surface area contributed by atoms with Crippen molar-refractivity contribution < 1.29 is 0 Å². The predicted octanol–water partition coefficient (Wildman–Crippen LogP) is 0.455. The summed E-state index contributed by atoms with van der Waals surface area (Å²) >= 11 is 5.64. The molecule has 0 saturated carbocycles. The molecule has 6 nitrogen and oxygen atoms in total. The van der Waals surface area contributed by atoms with E-state index in [1.807, 2.05) is 17.8 Å². The largest absolute Gasteiger partial charge is 0.392 e. The SMILES string of the molecule is Cn1ccnc1CCn1cnc(Cl)c(N)c1=O. The number of nitrogens with two attached hydrogens (primary N) is 1.